The van der Waals surface area contributed by atoms with Crippen LogP contribution >= 0.6 is 0 Å². The summed E-state index contributed by atoms with van der Waals surface area (Å²) in [4.78, 5) is 63.1. The SMILES string of the molecule is CC[C@H](C)[C@H](NC(=O)[C@H](CCC(N)=O)NC(=O)OC(C)(C)C)C(=O)N[C@@H](CC1CCCCC1)[C@@H]1C[C@@H](C)C(=O)O1. The molecule has 0 aromatic heterocycles. The van der Waals surface area contributed by atoms with Crippen LogP contribution in [0.3, 0.4) is 0 Å². The van der Waals surface area contributed by atoms with Crippen molar-refractivity contribution >= 4 is 29.8 Å². The second-order valence-electron chi connectivity index (χ2n) is 12.5. The molecule has 0 bridgehead atoms. The average Bonchev–Trinajstić information content (AvgIpc) is 3.21. The quantitative estimate of drug-likeness (QED) is 0.249. The molecular formula is C29H50N4O7. The van der Waals surface area contributed by atoms with Crippen molar-refractivity contribution in [3.8, 4) is 0 Å². The zero-order valence-corrected chi connectivity index (χ0v) is 25.0. The van der Waals surface area contributed by atoms with E-state index >= 15 is 0 Å². The number of esters is 1. The summed E-state index contributed by atoms with van der Waals surface area (Å²) >= 11 is 0. The summed E-state index contributed by atoms with van der Waals surface area (Å²) in [6.45, 7) is 10.7. The Kier molecular flexibility index (Phi) is 12.7. The highest BCUT2D eigenvalue weighted by Gasteiger charge is 2.40. The Morgan fingerprint density at radius 2 is 1.70 bits per heavy atom. The number of hydrogen-bond acceptors (Lipinski definition) is 7. The fourth-order valence-electron chi connectivity index (χ4n) is 5.32. The molecule has 1 aliphatic carbocycles. The molecule has 11 heteroatoms. The van der Waals surface area contributed by atoms with Crippen molar-refractivity contribution in [2.75, 3.05) is 0 Å². The summed E-state index contributed by atoms with van der Waals surface area (Å²) in [6.07, 6.45) is 6.09. The van der Waals surface area contributed by atoms with Gasteiger partial charge in [-0.3, -0.25) is 19.2 Å². The van der Waals surface area contributed by atoms with Gasteiger partial charge in [-0.15, -0.1) is 0 Å². The highest BCUT2D eigenvalue weighted by molar-refractivity contribution is 5.92. The lowest BCUT2D eigenvalue weighted by atomic mass is 9.83. The fourth-order valence-corrected chi connectivity index (χ4v) is 5.32. The maximum Gasteiger partial charge on any atom is 0.408 e. The van der Waals surface area contributed by atoms with Crippen LogP contribution in [-0.2, 0) is 28.7 Å². The summed E-state index contributed by atoms with van der Waals surface area (Å²) in [5, 5.41) is 8.42. The van der Waals surface area contributed by atoms with Gasteiger partial charge in [0.2, 0.25) is 17.7 Å². The lowest BCUT2D eigenvalue weighted by molar-refractivity contribution is -0.146. The lowest BCUT2D eigenvalue weighted by Crippen LogP contribution is -2.58. The zero-order valence-electron chi connectivity index (χ0n) is 25.0. The van der Waals surface area contributed by atoms with Crippen LogP contribution in [-0.4, -0.2) is 59.6 Å². The number of primary amides is 1. The number of ether oxygens (including phenoxy) is 2. The standard InChI is InChI=1S/C29H50N4O7/c1-7-17(2)24(33-25(35)20(13-14-23(30)34)32-28(38)40-29(4,5)6)26(36)31-21(16-19-11-9-8-10-12-19)22-15-18(3)27(37)39-22/h17-22,24H,7-16H2,1-6H3,(H2,30,34)(H,31,36)(H,32,38)(H,33,35)/t17-,18+,20-,21-,22-,24-/m0/s1. The first-order valence-electron chi connectivity index (χ1n) is 14.8. The Bertz CT molecular complexity index is 897. The van der Waals surface area contributed by atoms with Gasteiger partial charge >= 0.3 is 12.1 Å². The van der Waals surface area contributed by atoms with Gasteiger partial charge < -0.3 is 31.2 Å². The third-order valence-corrected chi connectivity index (χ3v) is 7.82. The van der Waals surface area contributed by atoms with Crippen molar-refractivity contribution < 1.29 is 33.4 Å². The first kappa shape index (κ1) is 33.4. The molecule has 1 saturated carbocycles. The number of carbonyl (C=O) groups is 5. The molecule has 6 atom stereocenters. The highest BCUT2D eigenvalue weighted by atomic mass is 16.6. The van der Waals surface area contributed by atoms with Crippen LogP contribution in [0.1, 0.15) is 106 Å². The predicted octanol–water partition coefficient (Wildman–Crippen LogP) is 3.08. The maximum atomic E-state index is 13.7. The number of carbonyl (C=O) groups excluding carboxylic acids is 5. The van der Waals surface area contributed by atoms with E-state index < -0.39 is 41.7 Å². The largest absolute Gasteiger partial charge is 0.460 e. The Morgan fingerprint density at radius 3 is 2.23 bits per heavy atom. The van der Waals surface area contributed by atoms with E-state index in [1.165, 1.54) is 6.42 Å². The van der Waals surface area contributed by atoms with Crippen LogP contribution in [0, 0.1) is 17.8 Å². The molecule has 11 nitrogen and oxygen atoms in total. The second kappa shape index (κ2) is 15.2. The van der Waals surface area contributed by atoms with Gasteiger partial charge in [0.25, 0.3) is 0 Å². The van der Waals surface area contributed by atoms with Crippen molar-refractivity contribution in [1.82, 2.24) is 16.0 Å². The third-order valence-electron chi connectivity index (χ3n) is 7.82. The van der Waals surface area contributed by atoms with E-state index in [2.05, 4.69) is 16.0 Å². The summed E-state index contributed by atoms with van der Waals surface area (Å²) in [5.74, 6) is -1.90. The van der Waals surface area contributed by atoms with Gasteiger partial charge in [-0.25, -0.2) is 4.79 Å². The van der Waals surface area contributed by atoms with E-state index in [0.29, 0.717) is 25.2 Å². The van der Waals surface area contributed by atoms with E-state index in [9.17, 15) is 24.0 Å². The van der Waals surface area contributed by atoms with Crippen LogP contribution < -0.4 is 21.7 Å². The molecule has 2 rings (SSSR count). The number of nitrogens with two attached hydrogens (primary N) is 1. The molecular weight excluding hydrogens is 516 g/mol. The number of nitrogens with one attached hydrogen (secondary N) is 3. The molecule has 0 unspecified atom stereocenters. The summed E-state index contributed by atoms with van der Waals surface area (Å²) < 4.78 is 10.9. The topological polar surface area (TPSA) is 166 Å². The average molecular weight is 567 g/mol. The molecule has 0 aromatic rings. The van der Waals surface area contributed by atoms with Gasteiger partial charge in [0, 0.05) is 6.42 Å². The molecule has 1 heterocycles. The molecule has 4 amide bonds. The van der Waals surface area contributed by atoms with Crippen molar-refractivity contribution in [2.24, 2.45) is 23.5 Å². The number of amides is 4. The first-order chi connectivity index (χ1) is 18.7. The molecule has 2 aliphatic rings. The minimum Gasteiger partial charge on any atom is -0.460 e. The fraction of sp³-hybridized carbons (Fsp3) is 0.828. The smallest absolute Gasteiger partial charge is 0.408 e. The molecule has 1 aliphatic heterocycles. The zero-order chi connectivity index (χ0) is 30.0. The highest BCUT2D eigenvalue weighted by Crippen LogP contribution is 2.32. The van der Waals surface area contributed by atoms with E-state index in [1.54, 1.807) is 20.8 Å². The summed E-state index contributed by atoms with van der Waals surface area (Å²) in [5.41, 5.74) is 4.50. The molecule has 1 saturated heterocycles. The molecule has 5 N–H and O–H groups in total. The number of cyclic esters (lactones) is 1. The third kappa shape index (κ3) is 11.0. The predicted molar refractivity (Wildman–Crippen MR) is 150 cm³/mol. The van der Waals surface area contributed by atoms with Crippen LogP contribution in [0.25, 0.3) is 0 Å². The molecule has 2 fully saturated rings. The lowest BCUT2D eigenvalue weighted by Gasteiger charge is -2.33. The number of hydrogen-bond donors (Lipinski definition) is 4. The number of alkyl carbamates (subject to hydrolysis) is 1. The first-order valence-corrected chi connectivity index (χ1v) is 14.8. The minimum absolute atomic E-state index is 0.0462. The maximum absolute atomic E-state index is 13.7. The van der Waals surface area contributed by atoms with E-state index in [4.69, 9.17) is 15.2 Å². The Balaban J connectivity index is 2.19. The van der Waals surface area contributed by atoms with Gasteiger partial charge in [0.05, 0.1) is 12.0 Å². The molecule has 0 aromatic carbocycles. The van der Waals surface area contributed by atoms with Crippen LogP contribution in [0.4, 0.5) is 4.79 Å². The van der Waals surface area contributed by atoms with Crippen LogP contribution in [0.2, 0.25) is 0 Å². The van der Waals surface area contributed by atoms with Gasteiger partial charge in [0.15, 0.2) is 0 Å². The van der Waals surface area contributed by atoms with Crippen molar-refractivity contribution in [2.45, 2.75) is 136 Å². The molecule has 228 valence electrons. The van der Waals surface area contributed by atoms with E-state index in [0.717, 1.165) is 25.7 Å². The van der Waals surface area contributed by atoms with Gasteiger partial charge in [-0.05, 0) is 51.9 Å². The van der Waals surface area contributed by atoms with Gasteiger partial charge in [-0.1, -0.05) is 59.3 Å². The normalized spacial score (nSPS) is 22.8. The van der Waals surface area contributed by atoms with E-state index in [-0.39, 0.29) is 42.6 Å². The Morgan fingerprint density at radius 1 is 1.05 bits per heavy atom. The van der Waals surface area contributed by atoms with Crippen LogP contribution in [0.5, 0.6) is 0 Å². The van der Waals surface area contributed by atoms with E-state index in [1.807, 2.05) is 20.8 Å². The van der Waals surface area contributed by atoms with Crippen molar-refractivity contribution in [3.05, 3.63) is 0 Å². The monoisotopic (exact) mass is 566 g/mol. The number of rotatable bonds is 13. The minimum atomic E-state index is -1.13. The van der Waals surface area contributed by atoms with Gasteiger partial charge in [-0.2, -0.15) is 0 Å². The molecule has 0 spiro atoms. The van der Waals surface area contributed by atoms with Crippen LogP contribution in [0.15, 0.2) is 0 Å². The molecule has 40 heavy (non-hydrogen) atoms. The Labute approximate surface area is 238 Å². The van der Waals surface area contributed by atoms with Crippen molar-refractivity contribution in [3.63, 3.8) is 0 Å². The summed E-state index contributed by atoms with van der Waals surface area (Å²) in [6, 6.07) is -2.40. The molecule has 0 radical (unpaired) electrons. The second-order valence-corrected chi connectivity index (χ2v) is 12.5. The Hall–Kier alpha value is -2.85. The summed E-state index contributed by atoms with van der Waals surface area (Å²) in [7, 11) is 0. The van der Waals surface area contributed by atoms with Gasteiger partial charge in [0.1, 0.15) is 23.8 Å². The van der Waals surface area contributed by atoms with Crippen molar-refractivity contribution in [1.29, 1.82) is 0 Å².